The third-order valence-electron chi connectivity index (χ3n) is 5.54. The van der Waals surface area contributed by atoms with E-state index in [9.17, 15) is 13.6 Å². The third kappa shape index (κ3) is 4.84. The van der Waals surface area contributed by atoms with Gasteiger partial charge in [-0.3, -0.25) is 4.79 Å². The monoisotopic (exact) mass is 472 g/mol. The number of allylic oxidation sites excluding steroid dienone is 3. The average Bonchev–Trinajstić information content (AvgIpc) is 3.15. The quantitative estimate of drug-likeness (QED) is 0.494. The van der Waals surface area contributed by atoms with Crippen LogP contribution in [0.2, 0.25) is 0 Å². The lowest BCUT2D eigenvalue weighted by Crippen LogP contribution is -2.23. The fourth-order valence-corrected chi connectivity index (χ4v) is 3.93. The maximum atomic E-state index is 14.3. The second-order valence-electron chi connectivity index (χ2n) is 8.14. The van der Waals surface area contributed by atoms with E-state index in [1.807, 2.05) is 24.3 Å². The molecular weight excluding hydrogens is 450 g/mol. The van der Waals surface area contributed by atoms with Crippen LogP contribution in [0.4, 0.5) is 8.78 Å². The van der Waals surface area contributed by atoms with E-state index >= 15 is 0 Å². The lowest BCUT2D eigenvalue weighted by atomic mass is 10.0. The minimum atomic E-state index is -1.02. The Hall–Kier alpha value is -4.64. The topological polar surface area (TPSA) is 105 Å². The molecule has 1 heterocycles. The molecule has 1 amide bonds. The van der Waals surface area contributed by atoms with Gasteiger partial charge in [0.25, 0.3) is 5.91 Å². The van der Waals surface area contributed by atoms with Gasteiger partial charge in [-0.25, -0.2) is 8.78 Å². The van der Waals surface area contributed by atoms with Gasteiger partial charge < -0.3 is 21.1 Å². The Morgan fingerprint density at radius 1 is 1.17 bits per heavy atom. The summed E-state index contributed by atoms with van der Waals surface area (Å²) in [5, 5.41) is 8.88. The van der Waals surface area contributed by atoms with Crippen LogP contribution in [0.25, 0.3) is 5.57 Å². The highest BCUT2D eigenvalue weighted by Gasteiger charge is 2.31. The fraction of sp³-hybridized carbons (Fsp3) is 0.111. The van der Waals surface area contributed by atoms with E-state index < -0.39 is 17.4 Å². The predicted molar refractivity (Wildman–Crippen MR) is 128 cm³/mol. The molecule has 1 aliphatic heterocycles. The number of amides is 1. The SMILES string of the molecule is C/C(N)=C/C(=C\N)c1ccc(CN2Cc3cccc(Oc4c(F)cc(C#N)cc4F)c3C2=O)cc1. The molecule has 3 aromatic rings. The van der Waals surface area contributed by atoms with Gasteiger partial charge in [-0.1, -0.05) is 36.4 Å². The van der Waals surface area contributed by atoms with Gasteiger partial charge in [0.05, 0.1) is 17.2 Å². The second-order valence-corrected chi connectivity index (χ2v) is 8.14. The Balaban J connectivity index is 1.55. The summed E-state index contributed by atoms with van der Waals surface area (Å²) in [7, 11) is 0. The van der Waals surface area contributed by atoms with Crippen molar-refractivity contribution in [1.29, 1.82) is 5.26 Å². The lowest BCUT2D eigenvalue weighted by molar-refractivity contribution is 0.0764. The molecule has 3 aromatic carbocycles. The van der Waals surface area contributed by atoms with Crippen molar-refractivity contribution in [3.63, 3.8) is 0 Å². The van der Waals surface area contributed by atoms with Crippen LogP contribution in [-0.2, 0) is 13.1 Å². The summed E-state index contributed by atoms with van der Waals surface area (Å²) in [6, 6.07) is 16.0. The van der Waals surface area contributed by atoms with Crippen molar-refractivity contribution in [1.82, 2.24) is 4.90 Å². The van der Waals surface area contributed by atoms with E-state index in [-0.39, 0.29) is 22.8 Å². The van der Waals surface area contributed by atoms with Crippen LogP contribution in [0.3, 0.4) is 0 Å². The number of rotatable bonds is 6. The number of hydrogen-bond donors (Lipinski definition) is 2. The first kappa shape index (κ1) is 23.5. The molecule has 0 fully saturated rings. The molecule has 4 rings (SSSR count). The molecule has 1 aliphatic rings. The van der Waals surface area contributed by atoms with Crippen molar-refractivity contribution in [2.75, 3.05) is 0 Å². The predicted octanol–water partition coefficient (Wildman–Crippen LogP) is 4.95. The lowest BCUT2D eigenvalue weighted by Gasteiger charge is -2.16. The van der Waals surface area contributed by atoms with Gasteiger partial charge in [0.15, 0.2) is 17.4 Å². The second kappa shape index (κ2) is 9.69. The van der Waals surface area contributed by atoms with Gasteiger partial charge in [0, 0.05) is 25.0 Å². The summed E-state index contributed by atoms with van der Waals surface area (Å²) >= 11 is 0. The van der Waals surface area contributed by atoms with E-state index in [1.165, 1.54) is 12.3 Å². The zero-order valence-corrected chi connectivity index (χ0v) is 18.9. The number of benzene rings is 3. The zero-order chi connectivity index (χ0) is 25.1. The van der Waals surface area contributed by atoms with Crippen molar-refractivity contribution in [3.05, 3.63) is 112 Å². The molecule has 176 valence electrons. The van der Waals surface area contributed by atoms with Crippen molar-refractivity contribution < 1.29 is 18.3 Å². The summed E-state index contributed by atoms with van der Waals surface area (Å²) in [5.74, 6) is -2.96. The van der Waals surface area contributed by atoms with Gasteiger partial charge in [-0.2, -0.15) is 5.26 Å². The molecule has 0 aromatic heterocycles. The van der Waals surface area contributed by atoms with Crippen molar-refractivity contribution >= 4 is 11.5 Å². The molecule has 35 heavy (non-hydrogen) atoms. The Morgan fingerprint density at radius 3 is 2.46 bits per heavy atom. The molecule has 0 saturated carbocycles. The smallest absolute Gasteiger partial charge is 0.258 e. The Labute approximate surface area is 201 Å². The van der Waals surface area contributed by atoms with Gasteiger partial charge in [-0.05, 0) is 53.5 Å². The number of nitriles is 1. The molecule has 0 radical (unpaired) electrons. The summed E-state index contributed by atoms with van der Waals surface area (Å²) in [6.45, 7) is 2.44. The molecule has 0 unspecified atom stereocenters. The first-order valence-electron chi connectivity index (χ1n) is 10.7. The number of nitrogens with two attached hydrogens (primary N) is 2. The number of halogens is 2. The Bertz CT molecular complexity index is 1380. The van der Waals surface area contributed by atoms with Crippen molar-refractivity contribution in [3.8, 4) is 17.6 Å². The van der Waals surface area contributed by atoms with Crippen LogP contribution < -0.4 is 16.2 Å². The summed E-state index contributed by atoms with van der Waals surface area (Å²) < 4.78 is 34.2. The maximum Gasteiger partial charge on any atom is 0.258 e. The highest BCUT2D eigenvalue weighted by Crippen LogP contribution is 2.36. The van der Waals surface area contributed by atoms with E-state index in [0.717, 1.165) is 28.8 Å². The van der Waals surface area contributed by atoms with Gasteiger partial charge in [0.2, 0.25) is 0 Å². The van der Waals surface area contributed by atoms with Crippen LogP contribution in [0.1, 0.15) is 39.5 Å². The molecule has 0 saturated heterocycles. The first-order chi connectivity index (χ1) is 16.8. The Kier molecular flexibility index (Phi) is 6.51. The molecule has 0 bridgehead atoms. The largest absolute Gasteiger partial charge is 0.450 e. The molecule has 0 spiro atoms. The van der Waals surface area contributed by atoms with Gasteiger partial charge in [-0.15, -0.1) is 0 Å². The van der Waals surface area contributed by atoms with E-state index in [0.29, 0.717) is 24.4 Å². The number of fused-ring (bicyclic) bond motifs is 1. The summed E-state index contributed by atoms with van der Waals surface area (Å²) in [6.07, 6.45) is 3.25. The van der Waals surface area contributed by atoms with Crippen molar-refractivity contribution in [2.45, 2.75) is 20.0 Å². The van der Waals surface area contributed by atoms with Crippen LogP contribution >= 0.6 is 0 Å². The van der Waals surface area contributed by atoms with E-state index in [2.05, 4.69) is 0 Å². The molecule has 4 N–H and O–H groups in total. The fourth-order valence-electron chi connectivity index (χ4n) is 3.93. The molecule has 6 nitrogen and oxygen atoms in total. The van der Waals surface area contributed by atoms with Crippen molar-refractivity contribution in [2.24, 2.45) is 11.5 Å². The molecule has 8 heteroatoms. The number of carbonyl (C=O) groups is 1. The average molecular weight is 472 g/mol. The number of hydrogen-bond acceptors (Lipinski definition) is 5. The first-order valence-corrected chi connectivity index (χ1v) is 10.7. The van der Waals surface area contributed by atoms with Gasteiger partial charge in [0.1, 0.15) is 5.75 Å². The van der Waals surface area contributed by atoms with Crippen LogP contribution in [0.5, 0.6) is 11.5 Å². The summed E-state index contributed by atoms with van der Waals surface area (Å²) in [5.41, 5.74) is 15.4. The van der Waals surface area contributed by atoms with Crippen LogP contribution in [0, 0.1) is 23.0 Å². The highest BCUT2D eigenvalue weighted by atomic mass is 19.1. The van der Waals surface area contributed by atoms with Gasteiger partial charge >= 0.3 is 0 Å². The normalized spacial score (nSPS) is 13.5. The van der Waals surface area contributed by atoms with E-state index in [1.54, 1.807) is 36.1 Å². The molecule has 0 atom stereocenters. The highest BCUT2D eigenvalue weighted by molar-refractivity contribution is 6.01. The maximum absolute atomic E-state index is 14.3. The third-order valence-corrected chi connectivity index (χ3v) is 5.54. The van der Waals surface area contributed by atoms with Crippen LogP contribution in [0.15, 0.2) is 72.6 Å². The standard InChI is InChI=1S/C27H22F2N4O2/c1-16(32)9-21(13-31)19-7-5-17(6-8-19)14-33-15-20-3-2-4-24(25(20)27(33)34)35-26-22(28)10-18(12-30)11-23(26)29/h2-11,13H,14-15,31-32H2,1H3/b16-9-,21-13+. The van der Waals surface area contributed by atoms with E-state index in [4.69, 9.17) is 21.5 Å². The Morgan fingerprint density at radius 2 is 1.86 bits per heavy atom. The zero-order valence-electron chi connectivity index (χ0n) is 18.9. The minimum Gasteiger partial charge on any atom is -0.450 e. The number of nitrogens with zero attached hydrogens (tertiary/aromatic N) is 2. The molecule has 0 aliphatic carbocycles. The summed E-state index contributed by atoms with van der Waals surface area (Å²) in [4.78, 5) is 14.8. The number of ether oxygens (including phenoxy) is 1. The van der Waals surface area contributed by atoms with Crippen LogP contribution in [-0.4, -0.2) is 10.8 Å². The minimum absolute atomic E-state index is 0.0505. The number of carbonyl (C=O) groups excluding carboxylic acids is 1. The molecular formula is C27H22F2N4O2.